The molecule has 1 aliphatic rings. The summed E-state index contributed by atoms with van der Waals surface area (Å²) in [5.41, 5.74) is 7.15. The van der Waals surface area contributed by atoms with E-state index in [-0.39, 0.29) is 6.04 Å². The maximum absolute atomic E-state index is 5.97. The lowest BCUT2D eigenvalue weighted by Crippen LogP contribution is -2.24. The van der Waals surface area contributed by atoms with E-state index in [1.165, 1.54) is 25.0 Å². The first-order valence-electron chi connectivity index (χ1n) is 6.35. The average molecular weight is 221 g/mol. The second kappa shape index (κ2) is 4.58. The van der Waals surface area contributed by atoms with E-state index in [1.54, 1.807) is 0 Å². The molecule has 0 aliphatic heterocycles. The third-order valence-electron chi connectivity index (χ3n) is 3.71. The van der Waals surface area contributed by atoms with Crippen LogP contribution in [0.5, 0.6) is 0 Å². The van der Waals surface area contributed by atoms with Gasteiger partial charge in [0.15, 0.2) is 0 Å². The Bertz CT molecular complexity index is 333. The van der Waals surface area contributed by atoms with Gasteiger partial charge in [-0.15, -0.1) is 0 Å². The first-order chi connectivity index (χ1) is 7.58. The van der Waals surface area contributed by atoms with E-state index < -0.39 is 0 Å². The highest BCUT2D eigenvalue weighted by Crippen LogP contribution is 2.36. The van der Waals surface area contributed by atoms with E-state index in [2.05, 4.69) is 23.4 Å². The van der Waals surface area contributed by atoms with Crippen molar-refractivity contribution >= 4 is 0 Å². The number of imidazole rings is 1. The largest absolute Gasteiger partial charge is 0.330 e. The molecule has 0 spiro atoms. The summed E-state index contributed by atoms with van der Waals surface area (Å²) in [5, 5.41) is 0. The third-order valence-corrected chi connectivity index (χ3v) is 3.71. The Balaban J connectivity index is 2.19. The fourth-order valence-corrected chi connectivity index (χ4v) is 3.10. The van der Waals surface area contributed by atoms with Crippen molar-refractivity contribution in [3.05, 3.63) is 18.2 Å². The first kappa shape index (κ1) is 11.6. The molecule has 1 heterocycles. The van der Waals surface area contributed by atoms with Crippen molar-refractivity contribution < 1.29 is 0 Å². The molecule has 1 aliphatic carbocycles. The fourth-order valence-electron chi connectivity index (χ4n) is 3.10. The molecule has 0 radical (unpaired) electrons. The predicted molar refractivity (Wildman–Crippen MR) is 66.0 cm³/mol. The monoisotopic (exact) mass is 221 g/mol. The minimum absolute atomic E-state index is 0.0787. The molecular formula is C13H23N3. The second-order valence-corrected chi connectivity index (χ2v) is 5.59. The average Bonchev–Trinajstić information content (AvgIpc) is 2.63. The van der Waals surface area contributed by atoms with Crippen LogP contribution < -0.4 is 5.73 Å². The quantitative estimate of drug-likeness (QED) is 0.834. The SMILES string of the molecule is CC1CC(C)CC(n2cncc2C(C)N)C1. The zero-order chi connectivity index (χ0) is 11.7. The minimum Gasteiger partial charge on any atom is -0.330 e. The van der Waals surface area contributed by atoms with Gasteiger partial charge in [0.2, 0.25) is 0 Å². The molecule has 16 heavy (non-hydrogen) atoms. The van der Waals surface area contributed by atoms with Crippen LogP contribution in [0, 0.1) is 11.8 Å². The lowest BCUT2D eigenvalue weighted by molar-refractivity contribution is 0.217. The molecule has 0 aromatic carbocycles. The van der Waals surface area contributed by atoms with Crippen molar-refractivity contribution in [3.8, 4) is 0 Å². The van der Waals surface area contributed by atoms with Gasteiger partial charge in [-0.2, -0.15) is 0 Å². The van der Waals surface area contributed by atoms with E-state index in [0.29, 0.717) is 6.04 Å². The van der Waals surface area contributed by atoms with E-state index in [0.717, 1.165) is 11.8 Å². The molecule has 0 saturated heterocycles. The van der Waals surface area contributed by atoms with Crippen LogP contribution >= 0.6 is 0 Å². The molecule has 3 atom stereocenters. The van der Waals surface area contributed by atoms with Crippen LogP contribution in [0.3, 0.4) is 0 Å². The first-order valence-corrected chi connectivity index (χ1v) is 6.35. The predicted octanol–water partition coefficient (Wildman–Crippen LogP) is 2.90. The molecule has 3 heteroatoms. The molecule has 0 bridgehead atoms. The molecule has 0 amide bonds. The van der Waals surface area contributed by atoms with Gasteiger partial charge in [0, 0.05) is 18.3 Å². The summed E-state index contributed by atoms with van der Waals surface area (Å²) < 4.78 is 2.30. The number of nitrogens with two attached hydrogens (primary N) is 1. The smallest absolute Gasteiger partial charge is 0.0951 e. The summed E-state index contributed by atoms with van der Waals surface area (Å²) in [6, 6.07) is 0.678. The summed E-state index contributed by atoms with van der Waals surface area (Å²) in [5.74, 6) is 1.63. The molecule has 90 valence electrons. The number of hydrogen-bond acceptors (Lipinski definition) is 2. The Hall–Kier alpha value is -0.830. The third kappa shape index (κ3) is 2.29. The Morgan fingerprint density at radius 1 is 1.31 bits per heavy atom. The van der Waals surface area contributed by atoms with Gasteiger partial charge in [-0.3, -0.25) is 0 Å². The molecule has 1 aromatic rings. The lowest BCUT2D eigenvalue weighted by Gasteiger charge is -2.33. The highest BCUT2D eigenvalue weighted by Gasteiger charge is 2.26. The lowest BCUT2D eigenvalue weighted by atomic mass is 9.80. The Morgan fingerprint density at radius 3 is 2.50 bits per heavy atom. The van der Waals surface area contributed by atoms with Crippen LogP contribution in [0.15, 0.2) is 12.5 Å². The van der Waals surface area contributed by atoms with E-state index in [4.69, 9.17) is 5.73 Å². The highest BCUT2D eigenvalue weighted by molar-refractivity contribution is 5.05. The van der Waals surface area contributed by atoms with Gasteiger partial charge >= 0.3 is 0 Å². The molecule has 3 unspecified atom stereocenters. The second-order valence-electron chi connectivity index (χ2n) is 5.59. The minimum atomic E-state index is 0.0787. The van der Waals surface area contributed by atoms with Crippen molar-refractivity contribution in [1.82, 2.24) is 9.55 Å². The Kier molecular flexibility index (Phi) is 3.33. The zero-order valence-electron chi connectivity index (χ0n) is 10.6. The molecule has 1 saturated carbocycles. The maximum atomic E-state index is 5.97. The Labute approximate surface area is 98.1 Å². The number of aromatic nitrogens is 2. The van der Waals surface area contributed by atoms with E-state index >= 15 is 0 Å². The van der Waals surface area contributed by atoms with Crippen LogP contribution in [0.2, 0.25) is 0 Å². The summed E-state index contributed by atoms with van der Waals surface area (Å²) >= 11 is 0. The topological polar surface area (TPSA) is 43.8 Å². The molecule has 3 nitrogen and oxygen atoms in total. The number of rotatable bonds is 2. The van der Waals surface area contributed by atoms with Crippen molar-refractivity contribution in [2.24, 2.45) is 17.6 Å². The molecule has 1 fully saturated rings. The molecule has 2 rings (SSSR count). The summed E-state index contributed by atoms with van der Waals surface area (Å²) in [7, 11) is 0. The van der Waals surface area contributed by atoms with Gasteiger partial charge < -0.3 is 10.3 Å². The van der Waals surface area contributed by atoms with Crippen LogP contribution in [0.1, 0.15) is 57.8 Å². The Morgan fingerprint density at radius 2 is 1.94 bits per heavy atom. The van der Waals surface area contributed by atoms with Gasteiger partial charge in [0.05, 0.1) is 12.0 Å². The summed E-state index contributed by atoms with van der Waals surface area (Å²) in [6.07, 6.45) is 7.75. The number of hydrogen-bond donors (Lipinski definition) is 1. The molecular weight excluding hydrogens is 198 g/mol. The zero-order valence-corrected chi connectivity index (χ0v) is 10.6. The van der Waals surface area contributed by atoms with Crippen molar-refractivity contribution in [1.29, 1.82) is 0 Å². The van der Waals surface area contributed by atoms with Crippen molar-refractivity contribution in [3.63, 3.8) is 0 Å². The fraction of sp³-hybridized carbons (Fsp3) is 0.769. The van der Waals surface area contributed by atoms with Crippen LogP contribution in [0.4, 0.5) is 0 Å². The van der Waals surface area contributed by atoms with Gasteiger partial charge in [0.25, 0.3) is 0 Å². The van der Waals surface area contributed by atoms with E-state index in [9.17, 15) is 0 Å². The van der Waals surface area contributed by atoms with Crippen molar-refractivity contribution in [2.45, 2.75) is 52.1 Å². The molecule has 1 aromatic heterocycles. The standard InChI is InChI=1S/C13H23N3/c1-9-4-10(2)6-12(5-9)16-8-15-7-13(16)11(3)14/h7-12H,4-6,14H2,1-3H3. The maximum Gasteiger partial charge on any atom is 0.0951 e. The summed E-state index contributed by atoms with van der Waals surface area (Å²) in [4.78, 5) is 4.25. The van der Waals surface area contributed by atoms with Gasteiger partial charge in [-0.25, -0.2) is 4.98 Å². The van der Waals surface area contributed by atoms with Crippen molar-refractivity contribution in [2.75, 3.05) is 0 Å². The van der Waals surface area contributed by atoms with Crippen LogP contribution in [-0.2, 0) is 0 Å². The van der Waals surface area contributed by atoms with Crippen LogP contribution in [-0.4, -0.2) is 9.55 Å². The molecule has 2 N–H and O–H groups in total. The summed E-state index contributed by atoms with van der Waals surface area (Å²) in [6.45, 7) is 6.74. The van der Waals surface area contributed by atoms with Gasteiger partial charge in [0.1, 0.15) is 0 Å². The van der Waals surface area contributed by atoms with Gasteiger partial charge in [-0.1, -0.05) is 13.8 Å². The van der Waals surface area contributed by atoms with E-state index in [1.807, 2.05) is 19.4 Å². The van der Waals surface area contributed by atoms with Crippen LogP contribution in [0.25, 0.3) is 0 Å². The normalized spacial score (nSPS) is 32.6. The number of nitrogens with zero attached hydrogens (tertiary/aromatic N) is 2. The van der Waals surface area contributed by atoms with Gasteiger partial charge in [-0.05, 0) is 38.0 Å². The highest BCUT2D eigenvalue weighted by atomic mass is 15.1.